The molecule has 0 aromatic heterocycles. The summed E-state index contributed by atoms with van der Waals surface area (Å²) < 4.78 is 55.9. The van der Waals surface area contributed by atoms with E-state index < -0.39 is 26.0 Å². The molecule has 3 aromatic rings. The van der Waals surface area contributed by atoms with Gasteiger partial charge in [-0.25, -0.2) is 21.6 Å². The normalized spacial score (nSPS) is 14.3. The fourth-order valence-corrected chi connectivity index (χ4v) is 5.91. The lowest BCUT2D eigenvalue weighted by Gasteiger charge is -2.11. The van der Waals surface area contributed by atoms with E-state index in [0.29, 0.717) is 24.5 Å². The third-order valence-electron chi connectivity index (χ3n) is 5.76. The van der Waals surface area contributed by atoms with Crippen molar-refractivity contribution in [3.05, 3.63) is 90.0 Å². The van der Waals surface area contributed by atoms with Crippen LogP contribution < -0.4 is 14.8 Å². The molecule has 0 unspecified atom stereocenters. The van der Waals surface area contributed by atoms with Crippen LogP contribution in [0.3, 0.4) is 0 Å². The highest BCUT2D eigenvalue weighted by molar-refractivity contribution is 7.90. The van der Waals surface area contributed by atoms with Crippen LogP contribution in [0.15, 0.2) is 93.6 Å². The molecule has 1 aliphatic rings. The van der Waals surface area contributed by atoms with Gasteiger partial charge in [-0.05, 0) is 60.9 Å². The molecular weight excluding hydrogens is 512 g/mol. The van der Waals surface area contributed by atoms with E-state index in [4.69, 9.17) is 0 Å². The summed E-state index contributed by atoms with van der Waals surface area (Å²) in [7, 11) is -7.63. The first-order valence-corrected chi connectivity index (χ1v) is 14.8. The quantitative estimate of drug-likeness (QED) is 0.401. The molecule has 0 bridgehead atoms. The van der Waals surface area contributed by atoms with Crippen LogP contribution in [-0.4, -0.2) is 35.1 Å². The standard InChI is InChI=1S/C26H28N4O5S2/c31-26(21-10-7-11-24(18-21)36(32,33)28-19-20-8-3-1-4-9-20)29-22-13-15-23(16-14-22)37(34,35)30-25-12-5-2-6-17-27-25/h1,3-4,7-11,13-16,18,28H,2,5-6,12,17,19H2,(H,27,30)(H,29,31). The second kappa shape index (κ2) is 11.7. The number of aliphatic imine (C=N–C) groups is 1. The minimum atomic E-state index is -3.84. The van der Waals surface area contributed by atoms with Gasteiger partial charge in [0.1, 0.15) is 5.84 Å². The molecule has 0 radical (unpaired) electrons. The number of carbonyl (C=O) groups excluding carboxylic acids is 1. The average molecular weight is 541 g/mol. The van der Waals surface area contributed by atoms with E-state index in [2.05, 4.69) is 19.8 Å². The van der Waals surface area contributed by atoms with Gasteiger partial charge in [-0.15, -0.1) is 0 Å². The molecule has 0 atom stereocenters. The number of sulfonamides is 2. The van der Waals surface area contributed by atoms with Crippen molar-refractivity contribution >= 4 is 37.5 Å². The molecule has 37 heavy (non-hydrogen) atoms. The lowest BCUT2D eigenvalue weighted by Crippen LogP contribution is -2.30. The van der Waals surface area contributed by atoms with Gasteiger partial charge in [-0.2, -0.15) is 0 Å². The van der Waals surface area contributed by atoms with Gasteiger partial charge in [-0.1, -0.05) is 42.8 Å². The molecule has 0 fully saturated rings. The van der Waals surface area contributed by atoms with Crippen LogP contribution in [0.1, 0.15) is 41.6 Å². The molecule has 4 rings (SSSR count). The summed E-state index contributed by atoms with van der Waals surface area (Å²) in [6.45, 7) is 0.728. The second-order valence-electron chi connectivity index (χ2n) is 8.56. The number of anilines is 1. The third-order valence-corrected chi connectivity index (χ3v) is 8.56. The Balaban J connectivity index is 1.41. The highest BCUT2D eigenvalue weighted by Gasteiger charge is 2.19. The molecule has 0 spiro atoms. The van der Waals surface area contributed by atoms with Crippen molar-refractivity contribution in [2.24, 2.45) is 4.99 Å². The lowest BCUT2D eigenvalue weighted by atomic mass is 10.2. The van der Waals surface area contributed by atoms with Gasteiger partial charge in [0.25, 0.3) is 15.9 Å². The summed E-state index contributed by atoms with van der Waals surface area (Å²) in [4.78, 5) is 17.1. The summed E-state index contributed by atoms with van der Waals surface area (Å²) in [6, 6.07) is 20.5. The Kier molecular flexibility index (Phi) is 8.37. The monoisotopic (exact) mass is 540 g/mol. The van der Waals surface area contributed by atoms with Crippen molar-refractivity contribution < 1.29 is 21.6 Å². The summed E-state index contributed by atoms with van der Waals surface area (Å²) in [6.07, 6.45) is 3.43. The number of hydrogen-bond acceptors (Lipinski definition) is 6. The highest BCUT2D eigenvalue weighted by atomic mass is 32.2. The minimum Gasteiger partial charge on any atom is -0.322 e. The molecule has 194 valence electrons. The van der Waals surface area contributed by atoms with Crippen molar-refractivity contribution in [3.8, 4) is 0 Å². The second-order valence-corrected chi connectivity index (χ2v) is 12.0. The summed E-state index contributed by atoms with van der Waals surface area (Å²) in [5, 5.41) is 2.67. The van der Waals surface area contributed by atoms with Gasteiger partial charge in [0.05, 0.1) is 9.79 Å². The predicted molar refractivity (Wildman–Crippen MR) is 142 cm³/mol. The van der Waals surface area contributed by atoms with Crippen LogP contribution in [0.25, 0.3) is 0 Å². The minimum absolute atomic E-state index is 0.0370. The summed E-state index contributed by atoms with van der Waals surface area (Å²) in [5.41, 5.74) is 1.32. The Bertz CT molecular complexity index is 1490. The number of nitrogens with zero attached hydrogens (tertiary/aromatic N) is 1. The van der Waals surface area contributed by atoms with Gasteiger partial charge < -0.3 is 5.32 Å². The molecule has 1 amide bonds. The topological polar surface area (TPSA) is 134 Å². The van der Waals surface area contributed by atoms with E-state index in [1.54, 1.807) is 0 Å². The molecule has 3 N–H and O–H groups in total. The molecular formula is C26H28N4O5S2. The fourth-order valence-electron chi connectivity index (χ4n) is 3.75. The Labute approximate surface area is 217 Å². The number of nitrogens with one attached hydrogen (secondary N) is 3. The number of amidine groups is 1. The highest BCUT2D eigenvalue weighted by Crippen LogP contribution is 2.18. The summed E-state index contributed by atoms with van der Waals surface area (Å²) >= 11 is 0. The van der Waals surface area contributed by atoms with Crippen molar-refractivity contribution in [2.45, 2.75) is 42.0 Å². The maximum absolute atomic E-state index is 12.8. The number of amides is 1. The Morgan fingerprint density at radius 3 is 2.30 bits per heavy atom. The van der Waals surface area contributed by atoms with Gasteiger partial charge >= 0.3 is 0 Å². The lowest BCUT2D eigenvalue weighted by molar-refractivity contribution is 0.102. The first kappa shape index (κ1) is 26.5. The Morgan fingerprint density at radius 2 is 1.54 bits per heavy atom. The first-order valence-electron chi connectivity index (χ1n) is 11.8. The fraction of sp³-hybridized carbons (Fsp3) is 0.231. The molecule has 3 aromatic carbocycles. The van der Waals surface area contributed by atoms with Crippen LogP contribution in [-0.2, 0) is 26.6 Å². The van der Waals surface area contributed by atoms with E-state index >= 15 is 0 Å². The maximum Gasteiger partial charge on any atom is 0.262 e. The molecule has 11 heteroatoms. The smallest absolute Gasteiger partial charge is 0.262 e. The largest absolute Gasteiger partial charge is 0.322 e. The first-order chi connectivity index (χ1) is 17.7. The number of carbonyl (C=O) groups is 1. The number of benzene rings is 3. The van der Waals surface area contributed by atoms with Crippen molar-refractivity contribution in [3.63, 3.8) is 0 Å². The van der Waals surface area contributed by atoms with Gasteiger partial charge in [-0.3, -0.25) is 14.5 Å². The third kappa shape index (κ3) is 7.25. The summed E-state index contributed by atoms with van der Waals surface area (Å²) in [5.74, 6) is -0.0652. The van der Waals surface area contributed by atoms with Crippen LogP contribution >= 0.6 is 0 Å². The number of hydrogen-bond donors (Lipinski definition) is 3. The SMILES string of the molecule is O=C(Nc1ccc(S(=O)(=O)NC2=NCCCCC2)cc1)c1cccc(S(=O)(=O)NCc2ccccc2)c1. The maximum atomic E-state index is 12.8. The molecule has 0 saturated carbocycles. The molecule has 1 heterocycles. The Morgan fingerprint density at radius 1 is 0.784 bits per heavy atom. The number of rotatable bonds is 8. The van der Waals surface area contributed by atoms with Crippen molar-refractivity contribution in [2.75, 3.05) is 11.9 Å². The Hall–Kier alpha value is -3.54. The zero-order valence-electron chi connectivity index (χ0n) is 20.1. The molecule has 0 saturated heterocycles. The van der Waals surface area contributed by atoms with Gasteiger partial charge in [0.2, 0.25) is 10.0 Å². The molecule has 0 aliphatic carbocycles. The van der Waals surface area contributed by atoms with Crippen LogP contribution in [0.4, 0.5) is 5.69 Å². The van der Waals surface area contributed by atoms with Gasteiger partial charge in [0, 0.05) is 30.8 Å². The van der Waals surface area contributed by atoms with E-state index in [9.17, 15) is 21.6 Å². The van der Waals surface area contributed by atoms with E-state index in [-0.39, 0.29) is 21.9 Å². The van der Waals surface area contributed by atoms with Crippen LogP contribution in [0.5, 0.6) is 0 Å². The van der Waals surface area contributed by atoms with Crippen molar-refractivity contribution in [1.82, 2.24) is 9.44 Å². The van der Waals surface area contributed by atoms with Gasteiger partial charge in [0.15, 0.2) is 0 Å². The predicted octanol–water partition coefficient (Wildman–Crippen LogP) is 3.67. The van der Waals surface area contributed by atoms with E-state index in [1.807, 2.05) is 30.3 Å². The van der Waals surface area contributed by atoms with E-state index in [0.717, 1.165) is 24.8 Å². The zero-order valence-corrected chi connectivity index (χ0v) is 21.7. The van der Waals surface area contributed by atoms with Crippen LogP contribution in [0.2, 0.25) is 0 Å². The van der Waals surface area contributed by atoms with E-state index in [1.165, 1.54) is 48.5 Å². The molecule has 1 aliphatic heterocycles. The van der Waals surface area contributed by atoms with Crippen LogP contribution in [0, 0.1) is 0 Å². The molecule has 9 nitrogen and oxygen atoms in total. The average Bonchev–Trinajstić information content (AvgIpc) is 3.17. The zero-order chi connectivity index (χ0) is 26.3. The van der Waals surface area contributed by atoms with Crippen molar-refractivity contribution in [1.29, 1.82) is 0 Å².